The van der Waals surface area contributed by atoms with Crippen molar-refractivity contribution in [2.45, 2.75) is 32.2 Å². The number of fused-ring (bicyclic) bond motifs is 1. The maximum absolute atomic E-state index is 13.1. The van der Waals surface area contributed by atoms with Crippen LogP contribution >= 0.6 is 11.3 Å². The predicted molar refractivity (Wildman–Crippen MR) is 107 cm³/mol. The lowest BCUT2D eigenvalue weighted by Crippen LogP contribution is -2.52. The molecule has 138 valence electrons. The summed E-state index contributed by atoms with van der Waals surface area (Å²) in [5.74, 6) is 0.188. The molecule has 0 spiro atoms. The maximum Gasteiger partial charge on any atom is 0.241 e. The Hall–Kier alpha value is -1.76. The van der Waals surface area contributed by atoms with Crippen LogP contribution in [0.1, 0.15) is 26.3 Å². The van der Waals surface area contributed by atoms with Crippen LogP contribution in [0.15, 0.2) is 29.1 Å². The van der Waals surface area contributed by atoms with Crippen molar-refractivity contribution in [3.63, 3.8) is 0 Å². The summed E-state index contributed by atoms with van der Waals surface area (Å²) < 4.78 is 0. The second-order valence-electron chi connectivity index (χ2n) is 8.05. The number of carbonyl (C=O) groups is 1. The van der Waals surface area contributed by atoms with Gasteiger partial charge in [0.05, 0.1) is 17.9 Å². The van der Waals surface area contributed by atoms with Gasteiger partial charge in [0.15, 0.2) is 0 Å². The molecule has 0 bridgehead atoms. The minimum Gasteiger partial charge on any atom is -0.312 e. The zero-order chi connectivity index (χ0) is 18.3. The molecule has 1 N–H and O–H groups in total. The molecule has 4 rings (SSSR count). The Balaban J connectivity index is 1.60. The van der Waals surface area contributed by atoms with E-state index in [1.807, 2.05) is 11.1 Å². The molecule has 2 aliphatic rings. The first kappa shape index (κ1) is 17.6. The first-order chi connectivity index (χ1) is 12.4. The Morgan fingerprint density at radius 3 is 3.04 bits per heavy atom. The quantitative estimate of drug-likeness (QED) is 0.903. The van der Waals surface area contributed by atoms with E-state index < -0.39 is 0 Å². The number of amides is 1. The number of hydrogen-bond acceptors (Lipinski definition) is 5. The van der Waals surface area contributed by atoms with Gasteiger partial charge in [0.25, 0.3) is 0 Å². The highest BCUT2D eigenvalue weighted by Gasteiger charge is 2.39. The van der Waals surface area contributed by atoms with Crippen molar-refractivity contribution in [2.75, 3.05) is 37.6 Å². The monoisotopic (exact) mass is 370 g/mol. The van der Waals surface area contributed by atoms with Crippen molar-refractivity contribution in [3.05, 3.63) is 34.7 Å². The molecule has 0 aromatic carbocycles. The average molecular weight is 371 g/mol. The SMILES string of the molecule is C[C@@H]1CN(CC(=O)N2CC(C)(C)c3cnc(-c4ccsc4)cc32)CCN1. The van der Waals surface area contributed by atoms with Gasteiger partial charge in [-0.05, 0) is 24.4 Å². The Kier molecular flexibility index (Phi) is 4.59. The van der Waals surface area contributed by atoms with Crippen molar-refractivity contribution < 1.29 is 4.79 Å². The number of nitrogens with zero attached hydrogens (tertiary/aromatic N) is 3. The molecule has 1 amide bonds. The van der Waals surface area contributed by atoms with Gasteiger partial charge >= 0.3 is 0 Å². The Morgan fingerprint density at radius 2 is 2.31 bits per heavy atom. The summed E-state index contributed by atoms with van der Waals surface area (Å²) in [5, 5.41) is 7.59. The predicted octanol–water partition coefficient (Wildman–Crippen LogP) is 2.73. The number of carbonyl (C=O) groups excluding carboxylic acids is 1. The van der Waals surface area contributed by atoms with Crippen LogP contribution in [0.4, 0.5) is 5.69 Å². The maximum atomic E-state index is 13.1. The van der Waals surface area contributed by atoms with Crippen LogP contribution in [-0.4, -0.2) is 54.6 Å². The molecule has 5 nitrogen and oxygen atoms in total. The molecule has 2 aliphatic heterocycles. The van der Waals surface area contributed by atoms with Gasteiger partial charge < -0.3 is 10.2 Å². The first-order valence-electron chi connectivity index (χ1n) is 9.23. The molecular formula is C20H26N4OS. The van der Waals surface area contributed by atoms with Crippen LogP contribution in [0.2, 0.25) is 0 Å². The average Bonchev–Trinajstić information content (AvgIpc) is 3.21. The summed E-state index contributed by atoms with van der Waals surface area (Å²) in [6.07, 6.45) is 1.96. The molecule has 4 heterocycles. The standard InChI is InChI=1S/C20H26N4OS/c1-14-10-23(6-5-21-14)11-19(25)24-13-20(2,3)16-9-22-17(8-18(16)24)15-4-7-26-12-15/h4,7-9,12,14,21H,5-6,10-11,13H2,1-3H3/t14-/m1/s1. The van der Waals surface area contributed by atoms with Gasteiger partial charge in [-0.2, -0.15) is 11.3 Å². The van der Waals surface area contributed by atoms with E-state index in [1.165, 1.54) is 5.56 Å². The summed E-state index contributed by atoms with van der Waals surface area (Å²) in [7, 11) is 0. The molecule has 2 aromatic heterocycles. The number of pyridine rings is 1. The summed E-state index contributed by atoms with van der Waals surface area (Å²) >= 11 is 1.66. The fourth-order valence-corrected chi connectivity index (χ4v) is 4.63. The van der Waals surface area contributed by atoms with E-state index in [1.54, 1.807) is 11.3 Å². The third-order valence-corrected chi connectivity index (χ3v) is 6.07. The summed E-state index contributed by atoms with van der Waals surface area (Å²) in [4.78, 5) is 22.0. The van der Waals surface area contributed by atoms with Crippen molar-refractivity contribution in [1.29, 1.82) is 0 Å². The van der Waals surface area contributed by atoms with Crippen molar-refractivity contribution in [1.82, 2.24) is 15.2 Å². The van der Waals surface area contributed by atoms with Gasteiger partial charge in [-0.25, -0.2) is 0 Å². The number of anilines is 1. The molecule has 1 atom stereocenters. The van der Waals surface area contributed by atoms with Gasteiger partial charge in [-0.15, -0.1) is 0 Å². The van der Waals surface area contributed by atoms with Crippen LogP contribution in [0, 0.1) is 0 Å². The van der Waals surface area contributed by atoms with Gasteiger partial charge in [-0.3, -0.25) is 14.7 Å². The highest BCUT2D eigenvalue weighted by Crippen LogP contribution is 2.41. The van der Waals surface area contributed by atoms with E-state index in [9.17, 15) is 4.79 Å². The second kappa shape index (κ2) is 6.76. The van der Waals surface area contributed by atoms with Gasteiger partial charge in [0.1, 0.15) is 0 Å². The molecule has 1 saturated heterocycles. The zero-order valence-electron chi connectivity index (χ0n) is 15.7. The zero-order valence-corrected chi connectivity index (χ0v) is 16.5. The Bertz CT molecular complexity index is 802. The topological polar surface area (TPSA) is 48.5 Å². The van der Waals surface area contributed by atoms with E-state index in [0.29, 0.717) is 12.6 Å². The Labute approximate surface area is 159 Å². The highest BCUT2D eigenvalue weighted by molar-refractivity contribution is 7.08. The lowest BCUT2D eigenvalue weighted by Gasteiger charge is -2.32. The molecule has 0 aliphatic carbocycles. The number of aromatic nitrogens is 1. The van der Waals surface area contributed by atoms with Crippen LogP contribution < -0.4 is 10.2 Å². The largest absolute Gasteiger partial charge is 0.312 e. The Morgan fingerprint density at radius 1 is 1.46 bits per heavy atom. The van der Waals surface area contributed by atoms with Crippen LogP contribution in [0.25, 0.3) is 11.3 Å². The summed E-state index contributed by atoms with van der Waals surface area (Å²) in [6.45, 7) is 10.6. The molecule has 0 radical (unpaired) electrons. The van der Waals surface area contributed by atoms with Gasteiger partial charge in [-0.1, -0.05) is 13.8 Å². The third kappa shape index (κ3) is 3.29. The molecule has 6 heteroatoms. The number of rotatable bonds is 3. The fraction of sp³-hybridized carbons (Fsp3) is 0.500. The van der Waals surface area contributed by atoms with E-state index in [-0.39, 0.29) is 11.3 Å². The molecule has 26 heavy (non-hydrogen) atoms. The molecular weight excluding hydrogens is 344 g/mol. The minimum absolute atomic E-state index is 0.0675. The third-order valence-electron chi connectivity index (χ3n) is 5.39. The van der Waals surface area contributed by atoms with Crippen LogP contribution in [0.5, 0.6) is 0 Å². The fourth-order valence-electron chi connectivity index (χ4n) is 3.98. The highest BCUT2D eigenvalue weighted by atomic mass is 32.1. The summed E-state index contributed by atoms with van der Waals surface area (Å²) in [5.41, 5.74) is 4.18. The molecule has 2 aromatic rings. The summed E-state index contributed by atoms with van der Waals surface area (Å²) in [6, 6.07) is 4.60. The van der Waals surface area contributed by atoms with E-state index >= 15 is 0 Å². The first-order valence-corrected chi connectivity index (χ1v) is 10.2. The van der Waals surface area contributed by atoms with Crippen molar-refractivity contribution in [3.8, 4) is 11.3 Å². The van der Waals surface area contributed by atoms with E-state index in [2.05, 4.69) is 58.9 Å². The minimum atomic E-state index is -0.0675. The van der Waals surface area contributed by atoms with Crippen LogP contribution in [0.3, 0.4) is 0 Å². The second-order valence-corrected chi connectivity index (χ2v) is 8.83. The number of piperazine rings is 1. The molecule has 0 saturated carbocycles. The van der Waals surface area contributed by atoms with Crippen molar-refractivity contribution >= 4 is 22.9 Å². The van der Waals surface area contributed by atoms with E-state index in [0.717, 1.165) is 43.1 Å². The van der Waals surface area contributed by atoms with Gasteiger partial charge in [0, 0.05) is 60.3 Å². The van der Waals surface area contributed by atoms with Crippen LogP contribution in [-0.2, 0) is 10.2 Å². The lowest BCUT2D eigenvalue weighted by atomic mass is 9.88. The molecule has 1 fully saturated rings. The van der Waals surface area contributed by atoms with Gasteiger partial charge in [0.2, 0.25) is 5.91 Å². The molecule has 0 unspecified atom stereocenters. The normalized spacial score (nSPS) is 22.4. The number of nitrogens with one attached hydrogen (secondary N) is 1. The van der Waals surface area contributed by atoms with Crippen molar-refractivity contribution in [2.24, 2.45) is 0 Å². The lowest BCUT2D eigenvalue weighted by molar-refractivity contribution is -0.120. The van der Waals surface area contributed by atoms with E-state index in [4.69, 9.17) is 0 Å². The number of hydrogen-bond donors (Lipinski definition) is 1. The smallest absolute Gasteiger partial charge is 0.241 e. The number of thiophene rings is 1.